The van der Waals surface area contributed by atoms with Crippen LogP contribution in [0.25, 0.3) is 0 Å². The first-order chi connectivity index (χ1) is 18.7. The van der Waals surface area contributed by atoms with Gasteiger partial charge >= 0.3 is 24.4 Å². The number of hydrogen-bond donors (Lipinski definition) is 2. The summed E-state index contributed by atoms with van der Waals surface area (Å²) in [5.74, 6) is -4.55. The molecule has 0 bridgehead atoms. The number of carbonyl (C=O) groups excluding carboxylic acids is 1. The molecule has 0 aromatic heterocycles. The van der Waals surface area contributed by atoms with E-state index in [1.165, 1.54) is 0 Å². The van der Waals surface area contributed by atoms with Gasteiger partial charge in [0.2, 0.25) is 5.60 Å². The summed E-state index contributed by atoms with van der Waals surface area (Å²) in [6.07, 6.45) is -12.6. The van der Waals surface area contributed by atoms with Crippen molar-refractivity contribution < 1.29 is 63.3 Å². The Bertz CT molecular complexity index is 1490. The van der Waals surface area contributed by atoms with Gasteiger partial charge in [0.1, 0.15) is 17.7 Å². The molecule has 2 N–H and O–H groups in total. The van der Waals surface area contributed by atoms with Crippen LogP contribution in [-0.2, 0) is 25.7 Å². The van der Waals surface area contributed by atoms with Crippen LogP contribution in [0.3, 0.4) is 0 Å². The van der Waals surface area contributed by atoms with Gasteiger partial charge in [-0.25, -0.2) is 17.6 Å². The molecule has 2 aromatic rings. The Labute approximate surface area is 227 Å². The summed E-state index contributed by atoms with van der Waals surface area (Å²) in [6.45, 7) is 0.626. The molecule has 1 heterocycles. The van der Waals surface area contributed by atoms with Gasteiger partial charge in [0.25, 0.3) is 10.0 Å². The zero-order chi connectivity index (χ0) is 30.7. The van der Waals surface area contributed by atoms with Gasteiger partial charge in [-0.1, -0.05) is 0 Å². The molecule has 1 saturated carbocycles. The maximum Gasteiger partial charge on any atom is 0.427 e. The van der Waals surface area contributed by atoms with Crippen molar-refractivity contribution >= 4 is 33.5 Å². The van der Waals surface area contributed by atoms with E-state index in [0.717, 1.165) is 18.2 Å². The highest BCUT2D eigenvalue weighted by Gasteiger charge is 2.53. The highest BCUT2D eigenvalue weighted by atomic mass is 32.2. The number of hydrogen-bond acceptors (Lipinski definition) is 6. The van der Waals surface area contributed by atoms with Gasteiger partial charge < -0.3 is 14.6 Å². The molecule has 0 saturated heterocycles. The molecule has 41 heavy (non-hydrogen) atoms. The first kappa shape index (κ1) is 30.2. The molecular weight excluding hydrogens is 593 g/mol. The summed E-state index contributed by atoms with van der Waals surface area (Å²) in [7, 11) is -4.90. The van der Waals surface area contributed by atoms with Gasteiger partial charge in [0, 0.05) is 11.6 Å². The van der Waals surface area contributed by atoms with Gasteiger partial charge in [0.15, 0.2) is 0 Å². The minimum atomic E-state index is -5.23. The number of anilines is 2. The molecule has 1 aliphatic heterocycles. The fraction of sp³-hybridized carbons (Fsp3) is 0.417. The molecular formula is C24H21F7N2O7S. The van der Waals surface area contributed by atoms with E-state index in [1.54, 1.807) is 0 Å². The molecule has 2 aromatic carbocycles. The zero-order valence-electron chi connectivity index (χ0n) is 21.0. The average Bonchev–Trinajstić information content (AvgIpc) is 3.63. The Morgan fingerprint density at radius 2 is 1.73 bits per heavy atom. The Balaban J connectivity index is 1.72. The number of carboxylic acid groups (broad SMARTS) is 1. The number of fused-ring (bicyclic) bond motifs is 1. The molecule has 9 nitrogen and oxygen atoms in total. The average molecular weight is 614 g/mol. The number of nitrogens with one attached hydrogen (secondary N) is 1. The van der Waals surface area contributed by atoms with Gasteiger partial charge in [-0.2, -0.15) is 26.3 Å². The predicted octanol–water partition coefficient (Wildman–Crippen LogP) is 5.41. The summed E-state index contributed by atoms with van der Waals surface area (Å²) in [6, 6.07) is 4.28. The molecule has 0 unspecified atom stereocenters. The van der Waals surface area contributed by atoms with E-state index in [0.29, 0.717) is 30.3 Å². The van der Waals surface area contributed by atoms with Crippen LogP contribution < -0.4 is 14.4 Å². The predicted molar refractivity (Wildman–Crippen MR) is 126 cm³/mol. The number of rotatable bonds is 6. The number of amides is 1. The summed E-state index contributed by atoms with van der Waals surface area (Å²) in [5, 5.41) is 11.3. The van der Waals surface area contributed by atoms with Crippen LogP contribution in [0.1, 0.15) is 25.8 Å². The van der Waals surface area contributed by atoms with Crippen molar-refractivity contribution in [1.29, 1.82) is 0 Å². The topological polar surface area (TPSA) is 122 Å². The van der Waals surface area contributed by atoms with Crippen LogP contribution in [0.4, 0.5) is 46.9 Å². The van der Waals surface area contributed by atoms with Gasteiger partial charge in [0.05, 0.1) is 28.6 Å². The highest BCUT2D eigenvalue weighted by molar-refractivity contribution is 7.92. The van der Waals surface area contributed by atoms with Gasteiger partial charge in [-0.3, -0.25) is 14.4 Å². The SMILES string of the molecule is CC(C)(OC(=O)Nc1ccc2c(c1)N(S(=O)(=O)c1ccc(F)c(C(F)(F)F)c1)C[C@H]([C@@H]1C[C@@H]1C(=O)O)O2)C(F)(F)F. The van der Waals surface area contributed by atoms with E-state index in [4.69, 9.17) is 4.74 Å². The first-order valence-electron chi connectivity index (χ1n) is 11.7. The third-order valence-corrected chi connectivity index (χ3v) is 8.37. The number of nitrogens with zero attached hydrogens (tertiary/aromatic N) is 1. The van der Waals surface area contributed by atoms with Crippen molar-refractivity contribution in [2.24, 2.45) is 11.8 Å². The highest BCUT2D eigenvalue weighted by Crippen LogP contribution is 2.48. The van der Waals surface area contributed by atoms with Crippen molar-refractivity contribution in [1.82, 2.24) is 0 Å². The van der Waals surface area contributed by atoms with E-state index < -0.39 is 80.8 Å². The van der Waals surface area contributed by atoms with E-state index in [1.807, 2.05) is 5.32 Å². The Morgan fingerprint density at radius 3 is 2.29 bits per heavy atom. The molecule has 0 spiro atoms. The molecule has 1 fully saturated rings. The van der Waals surface area contributed by atoms with Crippen molar-refractivity contribution in [3.8, 4) is 5.75 Å². The number of carbonyl (C=O) groups is 2. The van der Waals surface area contributed by atoms with Crippen LogP contribution in [0.2, 0.25) is 0 Å². The maximum atomic E-state index is 13.9. The second kappa shape index (κ2) is 9.95. The summed E-state index contributed by atoms with van der Waals surface area (Å²) in [4.78, 5) is 22.6. The molecule has 3 atom stereocenters. The van der Waals surface area contributed by atoms with Crippen LogP contribution in [0.15, 0.2) is 41.3 Å². The Kier molecular flexibility index (Phi) is 7.33. The normalized spacial score (nSPS) is 21.0. The quantitative estimate of drug-likeness (QED) is 0.418. The molecule has 4 rings (SSSR count). The molecule has 224 valence electrons. The Hall–Kier alpha value is -3.76. The zero-order valence-corrected chi connectivity index (χ0v) is 21.8. The number of sulfonamides is 1. The van der Waals surface area contributed by atoms with Crippen molar-refractivity contribution in [2.45, 2.75) is 49.2 Å². The number of benzene rings is 2. The van der Waals surface area contributed by atoms with Crippen LogP contribution in [0, 0.1) is 17.7 Å². The molecule has 0 radical (unpaired) electrons. The lowest BCUT2D eigenvalue weighted by Gasteiger charge is -2.36. The number of alkyl halides is 6. The number of halogens is 7. The lowest BCUT2D eigenvalue weighted by molar-refractivity contribution is -0.242. The fourth-order valence-corrected chi connectivity index (χ4v) is 5.66. The lowest BCUT2D eigenvalue weighted by Crippen LogP contribution is -2.45. The van der Waals surface area contributed by atoms with Crippen molar-refractivity contribution in [3.63, 3.8) is 0 Å². The van der Waals surface area contributed by atoms with Crippen molar-refractivity contribution in [2.75, 3.05) is 16.2 Å². The lowest BCUT2D eigenvalue weighted by atomic mass is 10.1. The minimum absolute atomic E-state index is 0.102. The monoisotopic (exact) mass is 614 g/mol. The fourth-order valence-electron chi connectivity index (χ4n) is 4.15. The van der Waals surface area contributed by atoms with Crippen molar-refractivity contribution in [3.05, 3.63) is 47.8 Å². The molecule has 17 heteroatoms. The summed E-state index contributed by atoms with van der Waals surface area (Å²) in [5.41, 5.74) is -5.33. The standard InChI is InChI=1S/C24H21F7N2O7S/c1-22(2,24(29,30)31)40-21(36)32-11-3-6-18-17(7-11)33(10-19(39-18)13-9-14(13)20(34)35)41(37,38)12-4-5-16(25)15(8-12)23(26,27)28/h3-8,13-14,19H,9-10H2,1-2H3,(H,32,36)(H,34,35)/t13-,14+,19-/m1/s1. The van der Waals surface area contributed by atoms with E-state index in [-0.39, 0.29) is 29.6 Å². The molecule has 2 aliphatic rings. The summed E-state index contributed by atoms with van der Waals surface area (Å²) < 4.78 is 131. The van der Waals surface area contributed by atoms with Gasteiger partial charge in [-0.15, -0.1) is 0 Å². The minimum Gasteiger partial charge on any atom is -0.486 e. The van der Waals surface area contributed by atoms with Crippen LogP contribution in [-0.4, -0.2) is 50.0 Å². The number of ether oxygens (including phenoxy) is 2. The van der Waals surface area contributed by atoms with Gasteiger partial charge in [-0.05, 0) is 56.7 Å². The summed E-state index contributed by atoms with van der Waals surface area (Å²) >= 11 is 0. The molecule has 1 amide bonds. The van der Waals surface area contributed by atoms with E-state index in [2.05, 4.69) is 4.74 Å². The molecule has 1 aliphatic carbocycles. The largest absolute Gasteiger partial charge is 0.486 e. The van der Waals surface area contributed by atoms with E-state index in [9.17, 15) is 53.8 Å². The third-order valence-electron chi connectivity index (χ3n) is 6.59. The van der Waals surface area contributed by atoms with E-state index >= 15 is 0 Å². The Morgan fingerprint density at radius 1 is 1.07 bits per heavy atom. The number of carboxylic acids is 1. The van der Waals surface area contributed by atoms with Crippen LogP contribution >= 0.6 is 0 Å². The maximum absolute atomic E-state index is 13.9. The third kappa shape index (κ3) is 5.99. The smallest absolute Gasteiger partial charge is 0.427 e. The second-order valence-electron chi connectivity index (χ2n) is 9.88. The number of aliphatic carboxylic acids is 1. The second-order valence-corrected chi connectivity index (χ2v) is 11.7. The van der Waals surface area contributed by atoms with Crippen LogP contribution in [0.5, 0.6) is 5.75 Å². The first-order valence-corrected chi connectivity index (χ1v) is 13.2.